The van der Waals surface area contributed by atoms with E-state index < -0.39 is 10.7 Å². The number of halogens is 1. The predicted molar refractivity (Wildman–Crippen MR) is 61.8 cm³/mol. The Bertz CT molecular complexity index is 587. The van der Waals surface area contributed by atoms with Crippen LogP contribution in [0, 0.1) is 15.9 Å². The van der Waals surface area contributed by atoms with E-state index in [1.807, 2.05) is 0 Å². The van der Waals surface area contributed by atoms with Crippen molar-refractivity contribution in [3.63, 3.8) is 0 Å². The molecule has 0 amide bonds. The van der Waals surface area contributed by atoms with E-state index >= 15 is 0 Å². The Balaban J connectivity index is 2.18. The predicted octanol–water partition coefficient (Wildman–Crippen LogP) is 2.50. The van der Waals surface area contributed by atoms with E-state index in [4.69, 9.17) is 10.5 Å². The van der Waals surface area contributed by atoms with E-state index in [0.717, 1.165) is 0 Å². The average Bonchev–Trinajstić information content (AvgIpc) is 2.34. The molecular formula is C11H8FN3O3. The van der Waals surface area contributed by atoms with Crippen LogP contribution in [0.15, 0.2) is 36.5 Å². The molecule has 2 rings (SSSR count). The van der Waals surface area contributed by atoms with Crippen molar-refractivity contribution >= 4 is 11.5 Å². The van der Waals surface area contributed by atoms with Gasteiger partial charge in [0.05, 0.1) is 5.69 Å². The van der Waals surface area contributed by atoms with E-state index in [9.17, 15) is 14.5 Å². The van der Waals surface area contributed by atoms with E-state index in [-0.39, 0.29) is 11.5 Å². The van der Waals surface area contributed by atoms with Crippen LogP contribution in [0.5, 0.6) is 11.5 Å². The minimum absolute atomic E-state index is 0.0395. The van der Waals surface area contributed by atoms with Gasteiger partial charge in [-0.25, -0.2) is 4.39 Å². The maximum Gasteiger partial charge on any atom is 0.363 e. The van der Waals surface area contributed by atoms with Gasteiger partial charge in [-0.15, -0.1) is 0 Å². The van der Waals surface area contributed by atoms with Gasteiger partial charge < -0.3 is 20.6 Å². The highest BCUT2D eigenvalue weighted by molar-refractivity contribution is 5.46. The largest absolute Gasteiger partial charge is 0.453 e. The molecule has 2 N–H and O–H groups in total. The molecule has 0 saturated heterocycles. The Morgan fingerprint density at radius 2 is 2.00 bits per heavy atom. The number of rotatable bonds is 3. The third-order valence-corrected chi connectivity index (χ3v) is 2.11. The van der Waals surface area contributed by atoms with Gasteiger partial charge in [-0.2, -0.15) is 0 Å². The zero-order valence-electron chi connectivity index (χ0n) is 9.04. The summed E-state index contributed by atoms with van der Waals surface area (Å²) in [7, 11) is 0. The van der Waals surface area contributed by atoms with Crippen LogP contribution < -0.4 is 10.5 Å². The Kier molecular flexibility index (Phi) is 3.05. The van der Waals surface area contributed by atoms with Gasteiger partial charge in [-0.3, -0.25) is 0 Å². The molecular weight excluding hydrogens is 241 g/mol. The first-order valence-electron chi connectivity index (χ1n) is 4.89. The fourth-order valence-electron chi connectivity index (χ4n) is 1.26. The van der Waals surface area contributed by atoms with Gasteiger partial charge in [0.1, 0.15) is 11.6 Å². The molecule has 6 nitrogen and oxygen atoms in total. The van der Waals surface area contributed by atoms with Gasteiger partial charge in [0.25, 0.3) is 0 Å². The van der Waals surface area contributed by atoms with Crippen molar-refractivity contribution in [1.29, 1.82) is 0 Å². The zero-order chi connectivity index (χ0) is 13.1. The molecule has 1 aromatic heterocycles. The van der Waals surface area contributed by atoms with E-state index in [2.05, 4.69) is 4.98 Å². The molecule has 0 spiro atoms. The molecule has 0 aliphatic heterocycles. The second-order valence-electron chi connectivity index (χ2n) is 3.39. The number of benzene rings is 1. The van der Waals surface area contributed by atoms with Crippen LogP contribution in [-0.4, -0.2) is 9.91 Å². The third kappa shape index (κ3) is 2.51. The molecule has 0 unspecified atom stereocenters. The maximum absolute atomic E-state index is 12.9. The van der Waals surface area contributed by atoms with Gasteiger partial charge in [0.15, 0.2) is 11.9 Å². The Hall–Kier alpha value is -2.70. The highest BCUT2D eigenvalue weighted by Crippen LogP contribution is 2.24. The Morgan fingerprint density at radius 1 is 1.28 bits per heavy atom. The molecule has 1 aromatic carbocycles. The van der Waals surface area contributed by atoms with Crippen LogP contribution in [-0.2, 0) is 0 Å². The second-order valence-corrected chi connectivity index (χ2v) is 3.39. The van der Waals surface area contributed by atoms with Crippen molar-refractivity contribution in [3.05, 3.63) is 52.5 Å². The van der Waals surface area contributed by atoms with Crippen molar-refractivity contribution in [3.8, 4) is 11.5 Å². The number of aromatic nitrogens is 1. The van der Waals surface area contributed by atoms with Crippen LogP contribution in [0.2, 0.25) is 0 Å². The zero-order valence-corrected chi connectivity index (χ0v) is 9.04. The summed E-state index contributed by atoms with van der Waals surface area (Å²) in [6, 6.07) is 6.49. The molecule has 92 valence electrons. The van der Waals surface area contributed by atoms with Crippen molar-refractivity contribution in [2.75, 3.05) is 5.73 Å². The standard InChI is InChI=1S/C11H8FN3O3/c12-9-3-1-7(5-10(9)13)18-8-2-4-11(14-6-8)15(16)17/h1-6H,13H2. The van der Waals surface area contributed by atoms with Crippen LogP contribution in [0.25, 0.3) is 0 Å². The lowest BCUT2D eigenvalue weighted by Gasteiger charge is -2.05. The quantitative estimate of drug-likeness (QED) is 0.512. The first kappa shape index (κ1) is 11.8. The number of nitro groups is 1. The molecule has 0 saturated carbocycles. The molecule has 0 radical (unpaired) electrons. The number of hydrogen-bond donors (Lipinski definition) is 1. The first-order valence-corrected chi connectivity index (χ1v) is 4.89. The highest BCUT2D eigenvalue weighted by atomic mass is 19.1. The normalized spacial score (nSPS) is 10.1. The smallest absolute Gasteiger partial charge is 0.363 e. The summed E-state index contributed by atoms with van der Waals surface area (Å²) in [5, 5.41) is 10.4. The third-order valence-electron chi connectivity index (χ3n) is 2.11. The van der Waals surface area contributed by atoms with Gasteiger partial charge in [-0.1, -0.05) is 0 Å². The molecule has 18 heavy (non-hydrogen) atoms. The molecule has 0 bridgehead atoms. The van der Waals surface area contributed by atoms with Gasteiger partial charge in [-0.05, 0) is 28.1 Å². The summed E-state index contributed by atoms with van der Waals surface area (Å²) < 4.78 is 18.2. The number of anilines is 1. The van der Waals surface area contributed by atoms with Crippen LogP contribution in [0.1, 0.15) is 0 Å². The van der Waals surface area contributed by atoms with Crippen LogP contribution in [0.3, 0.4) is 0 Å². The number of pyridine rings is 1. The van der Waals surface area contributed by atoms with E-state index in [1.54, 1.807) is 0 Å². The van der Waals surface area contributed by atoms with Crippen molar-refractivity contribution in [2.24, 2.45) is 0 Å². The minimum atomic E-state index is -0.611. The molecule has 2 aromatic rings. The molecule has 0 fully saturated rings. The highest BCUT2D eigenvalue weighted by Gasteiger charge is 2.08. The Morgan fingerprint density at radius 3 is 2.56 bits per heavy atom. The SMILES string of the molecule is Nc1cc(Oc2ccc([N+](=O)[O-])nc2)ccc1F. The molecule has 0 aliphatic rings. The fraction of sp³-hybridized carbons (Fsp3) is 0. The van der Waals surface area contributed by atoms with Crippen molar-refractivity contribution < 1.29 is 14.1 Å². The molecule has 0 atom stereocenters. The summed E-state index contributed by atoms with van der Waals surface area (Å²) in [4.78, 5) is 13.4. The lowest BCUT2D eigenvalue weighted by molar-refractivity contribution is -0.389. The minimum Gasteiger partial charge on any atom is -0.453 e. The number of nitrogens with two attached hydrogens (primary N) is 1. The topological polar surface area (TPSA) is 91.3 Å². The Labute approximate surface area is 101 Å². The number of hydrogen-bond acceptors (Lipinski definition) is 5. The number of ether oxygens (including phenoxy) is 1. The monoisotopic (exact) mass is 249 g/mol. The van der Waals surface area contributed by atoms with Crippen LogP contribution in [0.4, 0.5) is 15.9 Å². The summed E-state index contributed by atoms with van der Waals surface area (Å²) in [5.74, 6) is -0.193. The number of nitrogens with zero attached hydrogens (tertiary/aromatic N) is 2. The lowest BCUT2D eigenvalue weighted by Crippen LogP contribution is -1.94. The summed E-state index contributed by atoms with van der Waals surface area (Å²) in [6.07, 6.45) is 1.21. The first-order chi connectivity index (χ1) is 8.56. The van der Waals surface area contributed by atoms with Crippen molar-refractivity contribution in [2.45, 2.75) is 0 Å². The molecule has 0 aliphatic carbocycles. The van der Waals surface area contributed by atoms with E-state index in [1.165, 1.54) is 36.5 Å². The summed E-state index contributed by atoms with van der Waals surface area (Å²) in [5.41, 5.74) is 5.34. The molecule has 7 heteroatoms. The summed E-state index contributed by atoms with van der Waals surface area (Å²) in [6.45, 7) is 0. The van der Waals surface area contributed by atoms with Crippen molar-refractivity contribution in [1.82, 2.24) is 4.98 Å². The summed E-state index contributed by atoms with van der Waals surface area (Å²) >= 11 is 0. The second kappa shape index (κ2) is 4.66. The lowest BCUT2D eigenvalue weighted by atomic mass is 10.3. The van der Waals surface area contributed by atoms with Gasteiger partial charge >= 0.3 is 5.82 Å². The number of nitrogen functional groups attached to an aromatic ring is 1. The fourth-order valence-corrected chi connectivity index (χ4v) is 1.26. The van der Waals surface area contributed by atoms with Gasteiger partial charge in [0.2, 0.25) is 0 Å². The average molecular weight is 249 g/mol. The maximum atomic E-state index is 12.9. The molecule has 1 heterocycles. The van der Waals surface area contributed by atoms with Gasteiger partial charge in [0, 0.05) is 12.1 Å². The van der Waals surface area contributed by atoms with Crippen LogP contribution >= 0.6 is 0 Å². The van der Waals surface area contributed by atoms with E-state index in [0.29, 0.717) is 11.5 Å².